The Morgan fingerprint density at radius 2 is 1.96 bits per heavy atom. The van der Waals surface area contributed by atoms with E-state index in [0.29, 0.717) is 12.6 Å². The quantitative estimate of drug-likeness (QED) is 0.676. The van der Waals surface area contributed by atoms with Crippen molar-refractivity contribution >= 4 is 11.0 Å². The van der Waals surface area contributed by atoms with Gasteiger partial charge in [0.05, 0.1) is 5.52 Å². The Morgan fingerprint density at radius 3 is 2.75 bits per heavy atom. The van der Waals surface area contributed by atoms with Crippen LogP contribution in [0.3, 0.4) is 0 Å². The van der Waals surface area contributed by atoms with Crippen LogP contribution < -0.4 is 15.7 Å². The number of ether oxygens (including phenoxy) is 1. The van der Waals surface area contributed by atoms with Crippen LogP contribution in [0, 0.1) is 0 Å². The Balaban J connectivity index is 1.63. The van der Waals surface area contributed by atoms with Crippen LogP contribution in [-0.2, 0) is 6.42 Å². The van der Waals surface area contributed by atoms with E-state index in [0.717, 1.165) is 41.7 Å². The van der Waals surface area contributed by atoms with Crippen LogP contribution in [0.5, 0.6) is 5.75 Å². The molecule has 3 N–H and O–H groups in total. The normalized spacial score (nSPS) is 17.4. The van der Waals surface area contributed by atoms with Gasteiger partial charge in [-0.05, 0) is 49.1 Å². The number of aromatic nitrogens is 2. The van der Waals surface area contributed by atoms with Crippen LogP contribution in [0.25, 0.3) is 11.0 Å². The number of imidazole rings is 1. The smallest absolute Gasteiger partial charge is 0.323 e. The monoisotopic (exact) mass is 323 g/mol. The molecule has 0 amide bonds. The van der Waals surface area contributed by atoms with Crippen molar-refractivity contribution in [2.75, 3.05) is 13.2 Å². The van der Waals surface area contributed by atoms with E-state index < -0.39 is 0 Å². The molecular weight excluding hydrogens is 302 g/mol. The lowest BCUT2D eigenvalue weighted by molar-refractivity contribution is 0.279. The summed E-state index contributed by atoms with van der Waals surface area (Å²) in [5, 5.41) is 3.43. The van der Waals surface area contributed by atoms with Gasteiger partial charge >= 0.3 is 5.69 Å². The first kappa shape index (κ1) is 15.0. The van der Waals surface area contributed by atoms with Crippen LogP contribution in [-0.4, -0.2) is 29.2 Å². The predicted molar refractivity (Wildman–Crippen MR) is 94.7 cm³/mol. The Labute approximate surface area is 140 Å². The van der Waals surface area contributed by atoms with Crippen LogP contribution >= 0.6 is 0 Å². The van der Waals surface area contributed by atoms with Crippen LogP contribution in [0.1, 0.15) is 24.0 Å². The van der Waals surface area contributed by atoms with Gasteiger partial charge in [0.25, 0.3) is 0 Å². The molecule has 1 aliphatic rings. The molecule has 0 radical (unpaired) electrons. The minimum Gasteiger partial charge on any atom is -0.490 e. The van der Waals surface area contributed by atoms with Crippen molar-refractivity contribution in [3.05, 3.63) is 64.1 Å². The molecule has 1 aliphatic heterocycles. The van der Waals surface area contributed by atoms with Crippen molar-refractivity contribution in [3.63, 3.8) is 0 Å². The lowest BCUT2D eigenvalue weighted by Crippen LogP contribution is -2.28. The summed E-state index contributed by atoms with van der Waals surface area (Å²) in [4.78, 5) is 17.4. The van der Waals surface area contributed by atoms with Crippen molar-refractivity contribution in [3.8, 4) is 5.75 Å². The van der Waals surface area contributed by atoms with E-state index in [-0.39, 0.29) is 5.69 Å². The average molecular weight is 323 g/mol. The van der Waals surface area contributed by atoms with Gasteiger partial charge in [-0.15, -0.1) is 0 Å². The molecular formula is C19H21N3O2. The van der Waals surface area contributed by atoms with E-state index in [1.807, 2.05) is 30.3 Å². The van der Waals surface area contributed by atoms with E-state index in [1.54, 1.807) is 0 Å². The maximum atomic E-state index is 11.7. The van der Waals surface area contributed by atoms with Crippen molar-refractivity contribution in [2.24, 2.45) is 0 Å². The van der Waals surface area contributed by atoms with Gasteiger partial charge in [0.1, 0.15) is 17.9 Å². The summed E-state index contributed by atoms with van der Waals surface area (Å²) < 4.78 is 6.04. The standard InChI is InChI=1S/C19H21N3O2/c23-19-21-16-10-14(9-13-5-2-1-3-6-13)11-17(18(16)22-19)24-12-15-7-4-8-20-15/h1-3,5-6,10-11,15,20H,4,7-9,12H2,(H2,21,22,23). The topological polar surface area (TPSA) is 69.9 Å². The molecule has 5 heteroatoms. The fourth-order valence-electron chi connectivity index (χ4n) is 3.30. The fraction of sp³-hybridized carbons (Fsp3) is 0.316. The summed E-state index contributed by atoms with van der Waals surface area (Å²) in [6.45, 7) is 1.68. The number of hydrogen-bond acceptors (Lipinski definition) is 3. The molecule has 1 atom stereocenters. The van der Waals surface area contributed by atoms with Gasteiger partial charge in [0, 0.05) is 6.04 Å². The van der Waals surface area contributed by atoms with Gasteiger partial charge in [-0.2, -0.15) is 0 Å². The second kappa shape index (κ2) is 6.53. The Kier molecular flexibility index (Phi) is 4.09. The first-order chi connectivity index (χ1) is 11.8. The van der Waals surface area contributed by atoms with Gasteiger partial charge in [-0.3, -0.25) is 0 Å². The SMILES string of the molecule is O=c1[nH]c2cc(Cc3ccccc3)cc(OCC3CCCN3)c2[nH]1. The van der Waals surface area contributed by atoms with E-state index in [2.05, 4.69) is 27.4 Å². The highest BCUT2D eigenvalue weighted by Crippen LogP contribution is 2.26. The summed E-state index contributed by atoms with van der Waals surface area (Å²) in [6, 6.07) is 14.7. The van der Waals surface area contributed by atoms with Gasteiger partial charge in [0.2, 0.25) is 0 Å². The lowest BCUT2D eigenvalue weighted by atomic mass is 10.0. The molecule has 0 bridgehead atoms. The van der Waals surface area contributed by atoms with Crippen molar-refractivity contribution in [2.45, 2.75) is 25.3 Å². The van der Waals surface area contributed by atoms with Crippen LogP contribution in [0.4, 0.5) is 0 Å². The maximum Gasteiger partial charge on any atom is 0.323 e. The summed E-state index contributed by atoms with van der Waals surface area (Å²) in [7, 11) is 0. The number of H-pyrrole nitrogens is 2. The van der Waals surface area contributed by atoms with Gasteiger partial charge < -0.3 is 20.0 Å². The molecule has 4 rings (SSSR count). The third-order valence-corrected chi connectivity index (χ3v) is 4.50. The van der Waals surface area contributed by atoms with Crippen LogP contribution in [0.2, 0.25) is 0 Å². The first-order valence-electron chi connectivity index (χ1n) is 8.43. The molecule has 1 unspecified atom stereocenters. The largest absolute Gasteiger partial charge is 0.490 e. The zero-order valence-corrected chi connectivity index (χ0v) is 13.5. The minimum atomic E-state index is -0.203. The molecule has 0 aliphatic carbocycles. The summed E-state index contributed by atoms with van der Waals surface area (Å²) in [5.41, 5.74) is 3.69. The molecule has 1 aromatic heterocycles. The van der Waals surface area contributed by atoms with E-state index in [1.165, 1.54) is 12.0 Å². The molecule has 5 nitrogen and oxygen atoms in total. The third kappa shape index (κ3) is 3.21. The number of hydrogen-bond donors (Lipinski definition) is 3. The van der Waals surface area contributed by atoms with Crippen molar-refractivity contribution in [1.82, 2.24) is 15.3 Å². The summed E-state index contributed by atoms with van der Waals surface area (Å²) >= 11 is 0. The maximum absolute atomic E-state index is 11.7. The molecule has 0 spiro atoms. The first-order valence-corrected chi connectivity index (χ1v) is 8.43. The third-order valence-electron chi connectivity index (χ3n) is 4.50. The molecule has 3 aromatic rings. The number of fused-ring (bicyclic) bond motifs is 1. The highest BCUT2D eigenvalue weighted by atomic mass is 16.5. The highest BCUT2D eigenvalue weighted by Gasteiger charge is 2.16. The van der Waals surface area contributed by atoms with Gasteiger partial charge in [-0.1, -0.05) is 30.3 Å². The van der Waals surface area contributed by atoms with E-state index >= 15 is 0 Å². The Hall–Kier alpha value is -2.53. The fourth-order valence-corrected chi connectivity index (χ4v) is 3.30. The average Bonchev–Trinajstić information content (AvgIpc) is 3.22. The predicted octanol–water partition coefficient (Wildman–Crippen LogP) is 2.58. The lowest BCUT2D eigenvalue weighted by Gasteiger charge is -2.14. The molecule has 1 fully saturated rings. The minimum absolute atomic E-state index is 0.203. The van der Waals surface area contributed by atoms with Gasteiger partial charge in [0.15, 0.2) is 0 Å². The summed E-state index contributed by atoms with van der Waals surface area (Å²) in [6.07, 6.45) is 3.14. The van der Waals surface area contributed by atoms with E-state index in [4.69, 9.17) is 4.74 Å². The number of aromatic amines is 2. The number of nitrogens with one attached hydrogen (secondary N) is 3. The molecule has 124 valence electrons. The number of rotatable bonds is 5. The summed E-state index contributed by atoms with van der Waals surface area (Å²) in [5.74, 6) is 0.741. The van der Waals surface area contributed by atoms with E-state index in [9.17, 15) is 4.79 Å². The molecule has 1 saturated heterocycles. The zero-order valence-electron chi connectivity index (χ0n) is 13.5. The van der Waals surface area contributed by atoms with Crippen molar-refractivity contribution in [1.29, 1.82) is 0 Å². The van der Waals surface area contributed by atoms with Crippen LogP contribution in [0.15, 0.2) is 47.3 Å². The molecule has 0 saturated carbocycles. The second-order valence-electron chi connectivity index (χ2n) is 6.36. The zero-order chi connectivity index (χ0) is 16.4. The Bertz CT molecular complexity index is 877. The molecule has 2 heterocycles. The highest BCUT2D eigenvalue weighted by molar-refractivity contribution is 5.82. The molecule has 2 aromatic carbocycles. The number of benzene rings is 2. The van der Waals surface area contributed by atoms with Crippen molar-refractivity contribution < 1.29 is 4.74 Å². The molecule has 24 heavy (non-hydrogen) atoms. The second-order valence-corrected chi connectivity index (χ2v) is 6.36. The van der Waals surface area contributed by atoms with Gasteiger partial charge in [-0.25, -0.2) is 4.79 Å². The Morgan fingerprint density at radius 1 is 1.08 bits per heavy atom.